The van der Waals surface area contributed by atoms with Gasteiger partial charge in [-0.2, -0.15) is 0 Å². The van der Waals surface area contributed by atoms with E-state index < -0.39 is 4.92 Å². The van der Waals surface area contributed by atoms with Gasteiger partial charge in [-0.25, -0.2) is 0 Å². The van der Waals surface area contributed by atoms with Gasteiger partial charge in [-0.3, -0.25) is 19.7 Å². The number of rotatable bonds is 10. The molecule has 0 bridgehead atoms. The Balaban J connectivity index is 1.49. The van der Waals surface area contributed by atoms with Crippen molar-refractivity contribution in [2.45, 2.75) is 19.8 Å². The summed E-state index contributed by atoms with van der Waals surface area (Å²) in [6.07, 6.45) is 0.408. The normalized spacial score (nSPS) is 10.3. The molecule has 0 saturated carbocycles. The van der Waals surface area contributed by atoms with Gasteiger partial charge in [-0.05, 0) is 42.8 Å². The van der Waals surface area contributed by atoms with Gasteiger partial charge in [0.2, 0.25) is 11.8 Å². The second-order valence-corrected chi connectivity index (χ2v) is 7.35. The lowest BCUT2D eigenvalue weighted by Gasteiger charge is -2.21. The summed E-state index contributed by atoms with van der Waals surface area (Å²) in [5, 5.41) is 16.8. The van der Waals surface area contributed by atoms with Crippen LogP contribution in [0.5, 0.6) is 0 Å². The smallest absolute Gasteiger partial charge is 0.292 e. The summed E-state index contributed by atoms with van der Waals surface area (Å²) >= 11 is 0. The number of nitrogens with zero attached hydrogens (tertiary/aromatic N) is 2. The minimum atomic E-state index is -0.464. The van der Waals surface area contributed by atoms with Crippen LogP contribution in [0, 0.1) is 10.1 Å². The van der Waals surface area contributed by atoms with Gasteiger partial charge >= 0.3 is 0 Å². The Morgan fingerprint density at radius 2 is 1.61 bits per heavy atom. The van der Waals surface area contributed by atoms with Gasteiger partial charge in [0.05, 0.1) is 11.3 Å². The van der Waals surface area contributed by atoms with Crippen molar-refractivity contribution in [1.82, 2.24) is 0 Å². The van der Waals surface area contributed by atoms with E-state index in [1.807, 2.05) is 49.4 Å². The Kier molecular flexibility index (Phi) is 8.13. The van der Waals surface area contributed by atoms with Crippen LogP contribution in [0.4, 0.5) is 22.7 Å². The van der Waals surface area contributed by atoms with E-state index in [0.29, 0.717) is 17.9 Å². The Hall–Kier alpha value is -4.20. The molecule has 8 nitrogen and oxygen atoms in total. The van der Waals surface area contributed by atoms with E-state index in [1.165, 1.54) is 6.07 Å². The molecule has 0 heterocycles. The summed E-state index contributed by atoms with van der Waals surface area (Å²) in [4.78, 5) is 37.3. The van der Waals surface area contributed by atoms with Crippen molar-refractivity contribution >= 4 is 34.6 Å². The van der Waals surface area contributed by atoms with Gasteiger partial charge in [-0.15, -0.1) is 0 Å². The molecule has 2 N–H and O–H groups in total. The first-order valence-electron chi connectivity index (χ1n) is 10.7. The molecule has 33 heavy (non-hydrogen) atoms. The average Bonchev–Trinajstić information content (AvgIpc) is 2.82. The first-order chi connectivity index (χ1) is 16.0. The number of carbonyl (C=O) groups is 2. The third-order valence-electron chi connectivity index (χ3n) is 5.05. The van der Waals surface area contributed by atoms with Crippen LogP contribution in [0.15, 0.2) is 78.9 Å². The zero-order valence-corrected chi connectivity index (χ0v) is 18.4. The van der Waals surface area contributed by atoms with Crippen LogP contribution >= 0.6 is 0 Å². The largest absolute Gasteiger partial charge is 0.379 e. The van der Waals surface area contributed by atoms with E-state index in [9.17, 15) is 19.7 Å². The molecule has 2 amide bonds. The summed E-state index contributed by atoms with van der Waals surface area (Å²) in [6, 6.07) is 23.0. The molecule has 0 fully saturated rings. The summed E-state index contributed by atoms with van der Waals surface area (Å²) in [6.45, 7) is 2.78. The number of amides is 2. The first-order valence-corrected chi connectivity index (χ1v) is 10.7. The standard InChI is InChI=1S/C25H26N4O4/c1-2-28(21-8-4-3-5-9-21)25(31)18-19-12-14-20(15-13-19)27-24(30)16-17-26-22-10-6-7-11-23(22)29(32)33/h3-15,26H,2,16-18H2,1H3,(H,27,30). The Bertz CT molecular complexity index is 1100. The number of nitro benzene ring substituents is 1. The highest BCUT2D eigenvalue weighted by molar-refractivity contribution is 5.95. The molecule has 0 aliphatic rings. The molecule has 3 aromatic carbocycles. The molecular weight excluding hydrogens is 420 g/mol. The number of hydrogen-bond donors (Lipinski definition) is 2. The van der Waals surface area contributed by atoms with Crippen LogP contribution in [0.25, 0.3) is 0 Å². The van der Waals surface area contributed by atoms with Crippen LogP contribution in [0.1, 0.15) is 18.9 Å². The number of nitrogens with one attached hydrogen (secondary N) is 2. The maximum atomic E-state index is 12.7. The van der Waals surface area contributed by atoms with E-state index in [4.69, 9.17) is 0 Å². The Morgan fingerprint density at radius 1 is 0.939 bits per heavy atom. The van der Waals surface area contributed by atoms with Gasteiger partial charge in [0.15, 0.2) is 0 Å². The lowest BCUT2D eigenvalue weighted by atomic mass is 10.1. The number of carbonyl (C=O) groups excluding carboxylic acids is 2. The summed E-state index contributed by atoms with van der Waals surface area (Å²) in [7, 11) is 0. The highest BCUT2D eigenvalue weighted by Crippen LogP contribution is 2.23. The fourth-order valence-electron chi connectivity index (χ4n) is 3.40. The van der Waals surface area contributed by atoms with Gasteiger partial charge in [0.1, 0.15) is 5.69 Å². The summed E-state index contributed by atoms with van der Waals surface area (Å²) in [5.74, 6) is -0.215. The van der Waals surface area contributed by atoms with Crippen molar-refractivity contribution < 1.29 is 14.5 Å². The number of nitro groups is 1. The van der Waals surface area contributed by atoms with Gasteiger partial charge in [0.25, 0.3) is 5.69 Å². The van der Waals surface area contributed by atoms with Gasteiger partial charge in [-0.1, -0.05) is 42.5 Å². The molecule has 0 unspecified atom stereocenters. The number of para-hydroxylation sites is 3. The molecule has 0 atom stereocenters. The molecule has 3 aromatic rings. The van der Waals surface area contributed by atoms with E-state index in [1.54, 1.807) is 35.2 Å². The highest BCUT2D eigenvalue weighted by atomic mass is 16.6. The second kappa shape index (κ2) is 11.4. The third kappa shape index (κ3) is 6.64. The predicted octanol–water partition coefficient (Wildman–Crippen LogP) is 4.63. The van der Waals surface area contributed by atoms with Crippen LogP contribution in [-0.2, 0) is 16.0 Å². The Labute approximate surface area is 192 Å². The molecule has 3 rings (SSSR count). The van der Waals surface area contributed by atoms with Crippen molar-refractivity contribution in [3.8, 4) is 0 Å². The van der Waals surface area contributed by atoms with E-state index in [2.05, 4.69) is 10.6 Å². The fourth-order valence-corrected chi connectivity index (χ4v) is 3.40. The Morgan fingerprint density at radius 3 is 2.27 bits per heavy atom. The van der Waals surface area contributed by atoms with Crippen molar-refractivity contribution in [3.05, 3.63) is 94.5 Å². The molecule has 0 radical (unpaired) electrons. The minimum Gasteiger partial charge on any atom is -0.379 e. The van der Waals surface area contributed by atoms with Crippen LogP contribution < -0.4 is 15.5 Å². The molecular formula is C25H26N4O4. The van der Waals surface area contributed by atoms with Crippen molar-refractivity contribution in [1.29, 1.82) is 0 Å². The number of likely N-dealkylation sites (N-methyl/N-ethyl adjacent to an activating group) is 1. The van der Waals surface area contributed by atoms with E-state index in [-0.39, 0.29) is 36.9 Å². The molecule has 0 spiro atoms. The quantitative estimate of drug-likeness (QED) is 0.349. The van der Waals surface area contributed by atoms with Crippen molar-refractivity contribution in [2.75, 3.05) is 28.6 Å². The summed E-state index contributed by atoms with van der Waals surface area (Å²) in [5.41, 5.74) is 2.68. The van der Waals surface area contributed by atoms with Crippen LogP contribution in [0.3, 0.4) is 0 Å². The first kappa shape index (κ1) is 23.5. The average molecular weight is 447 g/mol. The van der Waals surface area contributed by atoms with Crippen molar-refractivity contribution in [3.63, 3.8) is 0 Å². The lowest BCUT2D eigenvalue weighted by Crippen LogP contribution is -2.31. The molecule has 0 aromatic heterocycles. The lowest BCUT2D eigenvalue weighted by molar-refractivity contribution is -0.384. The molecule has 0 aliphatic carbocycles. The van der Waals surface area contributed by atoms with Gasteiger partial charge < -0.3 is 15.5 Å². The number of benzene rings is 3. The molecule has 0 saturated heterocycles. The second-order valence-electron chi connectivity index (χ2n) is 7.35. The maximum absolute atomic E-state index is 12.7. The third-order valence-corrected chi connectivity index (χ3v) is 5.05. The number of anilines is 3. The van der Waals surface area contributed by atoms with Crippen molar-refractivity contribution in [2.24, 2.45) is 0 Å². The highest BCUT2D eigenvalue weighted by Gasteiger charge is 2.15. The SMILES string of the molecule is CCN(C(=O)Cc1ccc(NC(=O)CCNc2ccccc2[N+](=O)[O-])cc1)c1ccccc1. The zero-order valence-electron chi connectivity index (χ0n) is 18.4. The molecule has 8 heteroatoms. The fraction of sp³-hybridized carbons (Fsp3) is 0.200. The molecule has 170 valence electrons. The maximum Gasteiger partial charge on any atom is 0.292 e. The number of hydrogen-bond acceptors (Lipinski definition) is 5. The van der Waals surface area contributed by atoms with E-state index >= 15 is 0 Å². The molecule has 0 aliphatic heterocycles. The topological polar surface area (TPSA) is 105 Å². The monoisotopic (exact) mass is 446 g/mol. The predicted molar refractivity (Wildman–Crippen MR) is 129 cm³/mol. The summed E-state index contributed by atoms with van der Waals surface area (Å²) < 4.78 is 0. The van der Waals surface area contributed by atoms with Gasteiger partial charge in [0, 0.05) is 37.0 Å². The van der Waals surface area contributed by atoms with Crippen LogP contribution in [-0.4, -0.2) is 29.8 Å². The van der Waals surface area contributed by atoms with E-state index in [0.717, 1.165) is 11.3 Å². The minimum absolute atomic E-state index is 0.00145. The zero-order chi connectivity index (χ0) is 23.6. The van der Waals surface area contributed by atoms with Crippen LogP contribution in [0.2, 0.25) is 0 Å².